The summed E-state index contributed by atoms with van der Waals surface area (Å²) >= 11 is 0. The second kappa shape index (κ2) is 4.43. The predicted octanol–water partition coefficient (Wildman–Crippen LogP) is 2.37. The van der Waals surface area contributed by atoms with Gasteiger partial charge < -0.3 is 10.6 Å². The van der Waals surface area contributed by atoms with Gasteiger partial charge in [-0.2, -0.15) is 0 Å². The fraction of sp³-hybridized carbons (Fsp3) is 0.600. The summed E-state index contributed by atoms with van der Waals surface area (Å²) in [6.45, 7) is 4.47. The molecule has 0 bridgehead atoms. The molecule has 1 aromatic rings. The van der Waals surface area contributed by atoms with Crippen LogP contribution in [0.4, 0.5) is 0 Å². The van der Waals surface area contributed by atoms with Crippen LogP contribution in [0.2, 0.25) is 0 Å². The lowest BCUT2D eigenvalue weighted by Crippen LogP contribution is -2.59. The Kier molecular flexibility index (Phi) is 3.28. The van der Waals surface area contributed by atoms with Crippen LogP contribution in [0, 0.1) is 5.92 Å². The van der Waals surface area contributed by atoms with Gasteiger partial charge in [-0.15, -0.1) is 0 Å². The van der Waals surface area contributed by atoms with Gasteiger partial charge in [0.15, 0.2) is 0 Å². The Hall–Kier alpha value is -0.860. The summed E-state index contributed by atoms with van der Waals surface area (Å²) in [4.78, 5) is 2.29. The quantitative estimate of drug-likeness (QED) is 0.848. The number of aryl methyl sites for hydroxylation is 1. The highest BCUT2D eigenvalue weighted by Crippen LogP contribution is 2.40. The smallest absolute Gasteiger partial charge is 0.0593 e. The van der Waals surface area contributed by atoms with Crippen molar-refractivity contribution in [3.05, 3.63) is 35.4 Å². The Balaban J connectivity index is 2.54. The maximum absolute atomic E-state index is 6.82. The molecule has 2 atom stereocenters. The molecule has 0 aromatic heterocycles. The van der Waals surface area contributed by atoms with Crippen molar-refractivity contribution in [1.82, 2.24) is 4.90 Å². The summed E-state index contributed by atoms with van der Waals surface area (Å²) in [5, 5.41) is 0. The SMILES string of the molecule is CC(C)C1(N)c2ccccc2CCC1N(C)C. The van der Waals surface area contributed by atoms with Gasteiger partial charge in [0.05, 0.1) is 5.54 Å². The van der Waals surface area contributed by atoms with Crippen LogP contribution in [0.3, 0.4) is 0 Å². The molecule has 0 amide bonds. The minimum Gasteiger partial charge on any atom is -0.320 e. The Morgan fingerprint density at radius 3 is 2.53 bits per heavy atom. The Bertz CT molecular complexity index is 398. The van der Waals surface area contributed by atoms with Gasteiger partial charge in [0.25, 0.3) is 0 Å². The first-order valence-electron chi connectivity index (χ1n) is 6.51. The fourth-order valence-electron chi connectivity index (χ4n) is 3.25. The van der Waals surface area contributed by atoms with Crippen LogP contribution in [0.15, 0.2) is 24.3 Å². The first-order valence-corrected chi connectivity index (χ1v) is 6.51. The molecule has 2 rings (SSSR count). The molecule has 0 aliphatic heterocycles. The highest BCUT2D eigenvalue weighted by Gasteiger charge is 2.44. The summed E-state index contributed by atoms with van der Waals surface area (Å²) in [6, 6.07) is 9.10. The average Bonchev–Trinajstić information content (AvgIpc) is 2.29. The molecule has 0 spiro atoms. The third kappa shape index (κ3) is 1.90. The molecular weight excluding hydrogens is 208 g/mol. The minimum absolute atomic E-state index is 0.224. The number of likely N-dealkylation sites (N-methyl/N-ethyl adjacent to an activating group) is 1. The van der Waals surface area contributed by atoms with Gasteiger partial charge in [-0.1, -0.05) is 38.1 Å². The van der Waals surface area contributed by atoms with Crippen LogP contribution < -0.4 is 5.73 Å². The molecule has 1 aliphatic rings. The van der Waals surface area contributed by atoms with Crippen molar-refractivity contribution in [2.24, 2.45) is 11.7 Å². The summed E-state index contributed by atoms with van der Waals surface area (Å²) < 4.78 is 0. The number of rotatable bonds is 2. The predicted molar refractivity (Wildman–Crippen MR) is 72.9 cm³/mol. The maximum Gasteiger partial charge on any atom is 0.0593 e. The molecule has 0 heterocycles. The van der Waals surface area contributed by atoms with Crippen molar-refractivity contribution in [3.8, 4) is 0 Å². The number of nitrogens with zero attached hydrogens (tertiary/aromatic N) is 1. The normalized spacial score (nSPS) is 28.5. The Morgan fingerprint density at radius 1 is 1.29 bits per heavy atom. The van der Waals surface area contributed by atoms with Gasteiger partial charge in [-0.3, -0.25) is 0 Å². The zero-order valence-corrected chi connectivity index (χ0v) is 11.4. The second-order valence-electron chi connectivity index (χ2n) is 5.76. The van der Waals surface area contributed by atoms with Gasteiger partial charge in [-0.25, -0.2) is 0 Å². The van der Waals surface area contributed by atoms with E-state index >= 15 is 0 Å². The van der Waals surface area contributed by atoms with Gasteiger partial charge in [0.2, 0.25) is 0 Å². The highest BCUT2D eigenvalue weighted by molar-refractivity contribution is 5.38. The van der Waals surface area contributed by atoms with Crippen molar-refractivity contribution in [1.29, 1.82) is 0 Å². The van der Waals surface area contributed by atoms with Crippen molar-refractivity contribution in [3.63, 3.8) is 0 Å². The summed E-state index contributed by atoms with van der Waals surface area (Å²) in [7, 11) is 4.28. The van der Waals surface area contributed by atoms with Crippen molar-refractivity contribution < 1.29 is 0 Å². The first-order chi connectivity index (χ1) is 7.98. The molecule has 94 valence electrons. The van der Waals surface area contributed by atoms with E-state index < -0.39 is 0 Å². The van der Waals surface area contributed by atoms with Crippen molar-refractivity contribution in [2.45, 2.75) is 38.3 Å². The van der Waals surface area contributed by atoms with Crippen LogP contribution in [0.1, 0.15) is 31.4 Å². The molecule has 0 fully saturated rings. The number of fused-ring (bicyclic) bond motifs is 1. The van der Waals surface area contributed by atoms with E-state index in [0.717, 1.165) is 12.8 Å². The summed E-state index contributed by atoms with van der Waals surface area (Å²) in [5.41, 5.74) is 9.37. The fourth-order valence-corrected chi connectivity index (χ4v) is 3.25. The number of nitrogens with two attached hydrogens (primary N) is 1. The van der Waals surface area contributed by atoms with E-state index in [9.17, 15) is 0 Å². The number of benzene rings is 1. The molecular formula is C15H24N2. The van der Waals surface area contributed by atoms with E-state index in [1.165, 1.54) is 11.1 Å². The van der Waals surface area contributed by atoms with Crippen LogP contribution in [0.5, 0.6) is 0 Å². The lowest BCUT2D eigenvalue weighted by Gasteiger charge is -2.48. The molecule has 2 nitrogen and oxygen atoms in total. The van der Waals surface area contributed by atoms with Crippen LogP contribution in [-0.4, -0.2) is 25.0 Å². The average molecular weight is 232 g/mol. The van der Waals surface area contributed by atoms with Crippen LogP contribution in [0.25, 0.3) is 0 Å². The van der Waals surface area contributed by atoms with Gasteiger partial charge in [0.1, 0.15) is 0 Å². The molecule has 2 heteroatoms. The summed E-state index contributed by atoms with van der Waals surface area (Å²) in [6.07, 6.45) is 2.30. The van der Waals surface area contributed by atoms with Gasteiger partial charge in [-0.05, 0) is 44.0 Å². The molecule has 0 saturated heterocycles. The molecule has 1 aliphatic carbocycles. The van der Waals surface area contributed by atoms with Crippen LogP contribution >= 0.6 is 0 Å². The first kappa shape index (κ1) is 12.6. The Labute approximate surface area is 105 Å². The lowest BCUT2D eigenvalue weighted by molar-refractivity contribution is 0.113. The van der Waals surface area contributed by atoms with Gasteiger partial charge in [0, 0.05) is 6.04 Å². The lowest BCUT2D eigenvalue weighted by atomic mass is 9.67. The zero-order chi connectivity index (χ0) is 12.6. The largest absolute Gasteiger partial charge is 0.320 e. The molecule has 0 saturated carbocycles. The van der Waals surface area contributed by atoms with E-state index in [2.05, 4.69) is 57.1 Å². The van der Waals surface area contributed by atoms with E-state index in [1.807, 2.05) is 0 Å². The highest BCUT2D eigenvalue weighted by atomic mass is 15.1. The van der Waals surface area contributed by atoms with Gasteiger partial charge >= 0.3 is 0 Å². The van der Waals surface area contributed by atoms with Crippen molar-refractivity contribution >= 4 is 0 Å². The minimum atomic E-state index is -0.224. The third-order valence-electron chi connectivity index (χ3n) is 4.30. The van der Waals surface area contributed by atoms with E-state index in [0.29, 0.717) is 12.0 Å². The summed E-state index contributed by atoms with van der Waals surface area (Å²) in [5.74, 6) is 0.441. The number of hydrogen-bond donors (Lipinski definition) is 1. The van der Waals surface area contributed by atoms with E-state index in [-0.39, 0.29) is 5.54 Å². The molecule has 0 radical (unpaired) electrons. The van der Waals surface area contributed by atoms with Crippen molar-refractivity contribution in [2.75, 3.05) is 14.1 Å². The van der Waals surface area contributed by atoms with Crippen LogP contribution in [-0.2, 0) is 12.0 Å². The Morgan fingerprint density at radius 2 is 1.94 bits per heavy atom. The molecule has 1 aromatic carbocycles. The monoisotopic (exact) mass is 232 g/mol. The van der Waals surface area contributed by atoms with E-state index in [1.54, 1.807) is 0 Å². The van der Waals surface area contributed by atoms with E-state index in [4.69, 9.17) is 5.73 Å². The topological polar surface area (TPSA) is 29.3 Å². The maximum atomic E-state index is 6.82. The molecule has 17 heavy (non-hydrogen) atoms. The number of hydrogen-bond acceptors (Lipinski definition) is 2. The standard InChI is InChI=1S/C15H24N2/c1-11(2)15(16)13-8-6-5-7-12(13)9-10-14(15)17(3)4/h5-8,11,14H,9-10,16H2,1-4H3. The second-order valence-corrected chi connectivity index (χ2v) is 5.76. The molecule has 2 unspecified atom stereocenters. The zero-order valence-electron chi connectivity index (χ0n) is 11.4. The third-order valence-corrected chi connectivity index (χ3v) is 4.30. The molecule has 2 N–H and O–H groups in total.